The molecule has 0 radical (unpaired) electrons. The number of hydrogen-bond acceptors (Lipinski definition) is 3. The first-order chi connectivity index (χ1) is 9.49. The summed E-state index contributed by atoms with van der Waals surface area (Å²) < 4.78 is 1.96. The SMILES string of the molecule is CN(C)c1ccc(-n2cccc2CC(N)C(=O)O)cc1. The summed E-state index contributed by atoms with van der Waals surface area (Å²) >= 11 is 0. The van der Waals surface area contributed by atoms with Crippen molar-refractivity contribution in [3.8, 4) is 5.69 Å². The molecule has 0 aliphatic carbocycles. The van der Waals surface area contributed by atoms with E-state index >= 15 is 0 Å². The van der Waals surface area contributed by atoms with Crippen LogP contribution in [0, 0.1) is 0 Å². The number of aliphatic carboxylic acids is 1. The molecule has 2 aromatic rings. The maximum atomic E-state index is 10.9. The molecule has 20 heavy (non-hydrogen) atoms. The van der Waals surface area contributed by atoms with Crippen molar-refractivity contribution in [1.29, 1.82) is 0 Å². The third-order valence-corrected chi connectivity index (χ3v) is 3.22. The van der Waals surface area contributed by atoms with Crippen molar-refractivity contribution in [3.63, 3.8) is 0 Å². The van der Waals surface area contributed by atoms with Crippen LogP contribution in [0.2, 0.25) is 0 Å². The van der Waals surface area contributed by atoms with Crippen LogP contribution in [-0.2, 0) is 11.2 Å². The Kier molecular flexibility index (Phi) is 4.10. The van der Waals surface area contributed by atoms with E-state index in [4.69, 9.17) is 10.8 Å². The maximum absolute atomic E-state index is 10.9. The van der Waals surface area contributed by atoms with Crippen LogP contribution in [0.4, 0.5) is 5.69 Å². The lowest BCUT2D eigenvalue weighted by Gasteiger charge is -2.15. The van der Waals surface area contributed by atoms with E-state index in [0.717, 1.165) is 17.1 Å². The van der Waals surface area contributed by atoms with Crippen molar-refractivity contribution < 1.29 is 9.90 Å². The van der Waals surface area contributed by atoms with Crippen LogP contribution in [0.5, 0.6) is 0 Å². The number of rotatable bonds is 5. The Morgan fingerprint density at radius 2 is 1.95 bits per heavy atom. The van der Waals surface area contributed by atoms with Crippen molar-refractivity contribution in [1.82, 2.24) is 4.57 Å². The second-order valence-electron chi connectivity index (χ2n) is 4.93. The molecule has 0 aliphatic rings. The highest BCUT2D eigenvalue weighted by molar-refractivity contribution is 5.73. The number of anilines is 1. The van der Waals surface area contributed by atoms with Crippen molar-refractivity contribution in [2.24, 2.45) is 5.73 Å². The minimum Gasteiger partial charge on any atom is -0.480 e. The van der Waals surface area contributed by atoms with Gasteiger partial charge in [-0.05, 0) is 36.4 Å². The van der Waals surface area contributed by atoms with E-state index in [-0.39, 0.29) is 0 Å². The van der Waals surface area contributed by atoms with E-state index in [1.54, 1.807) is 0 Å². The quantitative estimate of drug-likeness (QED) is 0.866. The molecule has 0 saturated carbocycles. The van der Waals surface area contributed by atoms with Gasteiger partial charge in [-0.25, -0.2) is 0 Å². The molecule has 0 saturated heterocycles. The van der Waals surface area contributed by atoms with Gasteiger partial charge in [-0.1, -0.05) is 0 Å². The molecule has 0 bridgehead atoms. The highest BCUT2D eigenvalue weighted by Gasteiger charge is 2.14. The number of aromatic nitrogens is 1. The maximum Gasteiger partial charge on any atom is 0.320 e. The van der Waals surface area contributed by atoms with Crippen molar-refractivity contribution in [3.05, 3.63) is 48.3 Å². The van der Waals surface area contributed by atoms with E-state index < -0.39 is 12.0 Å². The lowest BCUT2D eigenvalue weighted by atomic mass is 10.1. The van der Waals surface area contributed by atoms with E-state index in [1.807, 2.05) is 66.2 Å². The molecule has 106 valence electrons. The minimum absolute atomic E-state index is 0.303. The molecule has 0 amide bonds. The average Bonchev–Trinajstić information content (AvgIpc) is 2.86. The summed E-state index contributed by atoms with van der Waals surface area (Å²) in [6.45, 7) is 0. The van der Waals surface area contributed by atoms with Gasteiger partial charge in [0.2, 0.25) is 0 Å². The summed E-state index contributed by atoms with van der Waals surface area (Å²) in [6, 6.07) is 11.0. The first kappa shape index (κ1) is 14.1. The molecular formula is C15H19N3O2. The summed E-state index contributed by atoms with van der Waals surface area (Å²) in [5.74, 6) is -0.985. The molecule has 1 heterocycles. The normalized spacial score (nSPS) is 12.2. The van der Waals surface area contributed by atoms with Crippen LogP contribution in [0.25, 0.3) is 5.69 Å². The number of carbonyl (C=O) groups is 1. The molecule has 1 aromatic carbocycles. The zero-order valence-corrected chi connectivity index (χ0v) is 11.7. The topological polar surface area (TPSA) is 71.5 Å². The predicted molar refractivity (Wildman–Crippen MR) is 79.4 cm³/mol. The van der Waals surface area contributed by atoms with Crippen LogP contribution in [-0.4, -0.2) is 35.8 Å². The van der Waals surface area contributed by atoms with E-state index in [2.05, 4.69) is 0 Å². The fraction of sp³-hybridized carbons (Fsp3) is 0.267. The Morgan fingerprint density at radius 1 is 1.30 bits per heavy atom. The van der Waals surface area contributed by atoms with Gasteiger partial charge in [-0.2, -0.15) is 0 Å². The summed E-state index contributed by atoms with van der Waals surface area (Å²) in [6.07, 6.45) is 2.21. The largest absolute Gasteiger partial charge is 0.480 e. The fourth-order valence-electron chi connectivity index (χ4n) is 2.06. The van der Waals surface area contributed by atoms with Crippen LogP contribution < -0.4 is 10.6 Å². The monoisotopic (exact) mass is 273 g/mol. The Balaban J connectivity index is 2.25. The molecular weight excluding hydrogens is 254 g/mol. The zero-order chi connectivity index (χ0) is 14.7. The van der Waals surface area contributed by atoms with Crippen molar-refractivity contribution >= 4 is 11.7 Å². The van der Waals surface area contributed by atoms with E-state index in [9.17, 15) is 4.79 Å². The van der Waals surface area contributed by atoms with Gasteiger partial charge in [0.25, 0.3) is 0 Å². The Bertz CT molecular complexity index is 587. The molecule has 0 aliphatic heterocycles. The van der Waals surface area contributed by atoms with E-state index in [0.29, 0.717) is 6.42 Å². The molecule has 0 fully saturated rings. The first-order valence-electron chi connectivity index (χ1n) is 6.41. The molecule has 5 heteroatoms. The van der Waals surface area contributed by atoms with Crippen molar-refractivity contribution in [2.75, 3.05) is 19.0 Å². The molecule has 1 aromatic heterocycles. The smallest absolute Gasteiger partial charge is 0.320 e. The van der Waals surface area contributed by atoms with Crippen molar-refractivity contribution in [2.45, 2.75) is 12.5 Å². The number of carboxylic acids is 1. The third kappa shape index (κ3) is 3.00. The Labute approximate surface area is 118 Å². The number of benzene rings is 1. The number of nitrogens with zero attached hydrogens (tertiary/aromatic N) is 2. The molecule has 1 unspecified atom stereocenters. The second kappa shape index (κ2) is 5.79. The van der Waals surface area contributed by atoms with Gasteiger partial charge in [0.15, 0.2) is 0 Å². The lowest BCUT2D eigenvalue weighted by Crippen LogP contribution is -2.32. The van der Waals surface area contributed by atoms with Crippen LogP contribution in [0.15, 0.2) is 42.6 Å². The zero-order valence-electron chi connectivity index (χ0n) is 11.7. The molecule has 5 nitrogen and oxygen atoms in total. The summed E-state index contributed by atoms with van der Waals surface area (Å²) in [5.41, 5.74) is 8.59. The van der Waals surface area contributed by atoms with Gasteiger partial charge in [-0.15, -0.1) is 0 Å². The predicted octanol–water partition coefficient (Wildman–Crippen LogP) is 1.50. The second-order valence-corrected chi connectivity index (χ2v) is 4.93. The standard InChI is InChI=1S/C15H19N3O2/c1-17(2)11-5-7-12(8-6-11)18-9-3-4-13(18)10-14(16)15(19)20/h3-9,14H,10,16H2,1-2H3,(H,19,20). The third-order valence-electron chi connectivity index (χ3n) is 3.22. The van der Waals surface area contributed by atoms with Gasteiger partial charge in [0.1, 0.15) is 6.04 Å². The first-order valence-corrected chi connectivity index (χ1v) is 6.41. The molecule has 3 N–H and O–H groups in total. The fourth-order valence-corrected chi connectivity index (χ4v) is 2.06. The summed E-state index contributed by atoms with van der Waals surface area (Å²) in [4.78, 5) is 12.9. The van der Waals surface area contributed by atoms with Gasteiger partial charge in [-0.3, -0.25) is 4.79 Å². The van der Waals surface area contributed by atoms with Crippen LogP contribution in [0.1, 0.15) is 5.69 Å². The number of carboxylic acid groups (broad SMARTS) is 1. The van der Waals surface area contributed by atoms with E-state index in [1.165, 1.54) is 0 Å². The molecule has 2 rings (SSSR count). The highest BCUT2D eigenvalue weighted by Crippen LogP contribution is 2.18. The van der Waals surface area contributed by atoms with Crippen LogP contribution >= 0.6 is 0 Å². The number of hydrogen-bond donors (Lipinski definition) is 2. The Hall–Kier alpha value is -2.27. The van der Waals surface area contributed by atoms with Crippen LogP contribution in [0.3, 0.4) is 0 Å². The highest BCUT2D eigenvalue weighted by atomic mass is 16.4. The minimum atomic E-state index is -0.985. The average molecular weight is 273 g/mol. The number of nitrogens with two attached hydrogens (primary N) is 1. The lowest BCUT2D eigenvalue weighted by molar-refractivity contribution is -0.138. The van der Waals surface area contributed by atoms with Gasteiger partial charge < -0.3 is 20.3 Å². The molecule has 0 spiro atoms. The Morgan fingerprint density at radius 3 is 2.50 bits per heavy atom. The van der Waals surface area contributed by atoms with Gasteiger partial charge in [0.05, 0.1) is 0 Å². The summed E-state index contributed by atoms with van der Waals surface area (Å²) in [7, 11) is 3.98. The van der Waals surface area contributed by atoms with Gasteiger partial charge >= 0.3 is 5.97 Å². The molecule has 1 atom stereocenters. The van der Waals surface area contributed by atoms with Gasteiger partial charge in [0, 0.05) is 43.8 Å². The summed E-state index contributed by atoms with van der Waals surface area (Å²) in [5, 5.41) is 8.90.